The molecule has 0 fully saturated rings. The van der Waals surface area contributed by atoms with Crippen molar-refractivity contribution in [1.82, 2.24) is 15.3 Å². The van der Waals surface area contributed by atoms with Gasteiger partial charge in [-0.2, -0.15) is 0 Å². The van der Waals surface area contributed by atoms with Crippen LogP contribution in [0.15, 0.2) is 66.9 Å². The van der Waals surface area contributed by atoms with E-state index in [-0.39, 0.29) is 11.3 Å². The number of amides is 1. The molecule has 0 unspecified atom stereocenters. The van der Waals surface area contributed by atoms with Gasteiger partial charge in [0.1, 0.15) is 0 Å². The van der Waals surface area contributed by atoms with E-state index in [4.69, 9.17) is 0 Å². The van der Waals surface area contributed by atoms with Crippen LogP contribution in [0.1, 0.15) is 42.3 Å². The Morgan fingerprint density at radius 2 is 1.74 bits per heavy atom. The number of nitrogens with zero attached hydrogens (tertiary/aromatic N) is 1. The highest BCUT2D eigenvalue weighted by atomic mass is 32.1. The minimum atomic E-state index is -0.0835. The first-order chi connectivity index (χ1) is 16.3. The molecule has 6 heteroatoms. The normalized spacial score (nSPS) is 11.8. The van der Waals surface area contributed by atoms with Crippen molar-refractivity contribution in [2.75, 3.05) is 12.4 Å². The van der Waals surface area contributed by atoms with E-state index in [2.05, 4.69) is 89.9 Å². The highest BCUT2D eigenvalue weighted by Gasteiger charge is 2.15. The van der Waals surface area contributed by atoms with Crippen LogP contribution in [0.2, 0.25) is 0 Å². The molecular formula is C28H28N4OS. The van der Waals surface area contributed by atoms with Crippen LogP contribution in [-0.2, 0) is 12.0 Å². The van der Waals surface area contributed by atoms with Crippen molar-refractivity contribution in [3.05, 3.63) is 83.6 Å². The topological polar surface area (TPSA) is 69.8 Å². The minimum Gasteiger partial charge on any atom is -0.365 e. The lowest BCUT2D eigenvalue weighted by Crippen LogP contribution is -2.22. The molecule has 5 aromatic rings. The van der Waals surface area contributed by atoms with Crippen LogP contribution in [0.5, 0.6) is 0 Å². The van der Waals surface area contributed by atoms with E-state index in [1.807, 2.05) is 19.2 Å². The smallest absolute Gasteiger partial charge is 0.253 e. The first-order valence-corrected chi connectivity index (χ1v) is 12.2. The number of carbonyl (C=O) groups excluding carboxylic acids is 1. The van der Waals surface area contributed by atoms with Crippen molar-refractivity contribution in [3.8, 4) is 11.1 Å². The predicted molar refractivity (Wildman–Crippen MR) is 143 cm³/mol. The summed E-state index contributed by atoms with van der Waals surface area (Å²) in [6.07, 6.45) is 1.79. The number of benzene rings is 3. The second-order valence-corrected chi connectivity index (χ2v) is 10.6. The Morgan fingerprint density at radius 3 is 2.47 bits per heavy atom. The highest BCUT2D eigenvalue weighted by Crippen LogP contribution is 2.32. The monoisotopic (exact) mass is 468 g/mol. The van der Waals surface area contributed by atoms with Crippen molar-refractivity contribution >= 4 is 43.5 Å². The molecule has 5 nitrogen and oxygen atoms in total. The molecule has 0 atom stereocenters. The van der Waals surface area contributed by atoms with E-state index in [0.29, 0.717) is 12.1 Å². The molecule has 3 aromatic carbocycles. The molecule has 1 amide bonds. The maximum atomic E-state index is 13.0. The molecule has 3 N–H and O–H groups in total. The van der Waals surface area contributed by atoms with Crippen LogP contribution in [-0.4, -0.2) is 22.9 Å². The zero-order chi connectivity index (χ0) is 23.9. The minimum absolute atomic E-state index is 0.0835. The quantitative estimate of drug-likeness (QED) is 0.268. The highest BCUT2D eigenvalue weighted by molar-refractivity contribution is 7.22. The third-order valence-electron chi connectivity index (χ3n) is 6.14. The summed E-state index contributed by atoms with van der Waals surface area (Å²) in [5, 5.41) is 8.00. The maximum absolute atomic E-state index is 13.0. The number of carbonyl (C=O) groups is 1. The number of rotatable bonds is 5. The van der Waals surface area contributed by atoms with Crippen LogP contribution < -0.4 is 10.6 Å². The van der Waals surface area contributed by atoms with Crippen molar-refractivity contribution in [2.45, 2.75) is 32.7 Å². The molecule has 0 radical (unpaired) electrons. The van der Waals surface area contributed by atoms with E-state index in [9.17, 15) is 4.79 Å². The molecule has 0 saturated heterocycles. The van der Waals surface area contributed by atoms with Crippen molar-refractivity contribution in [3.63, 3.8) is 0 Å². The molecule has 0 bridgehead atoms. The zero-order valence-corrected chi connectivity index (χ0v) is 20.6. The first kappa shape index (κ1) is 22.2. The van der Waals surface area contributed by atoms with Gasteiger partial charge in [-0.3, -0.25) is 4.79 Å². The fraction of sp³-hybridized carbons (Fsp3) is 0.214. The number of nitrogens with one attached hydrogen (secondary N) is 3. The molecule has 0 aliphatic carbocycles. The van der Waals surface area contributed by atoms with Gasteiger partial charge >= 0.3 is 0 Å². The van der Waals surface area contributed by atoms with E-state index < -0.39 is 0 Å². The number of H-pyrrole nitrogens is 1. The third kappa shape index (κ3) is 4.29. The Labute approximate surface area is 203 Å². The first-order valence-electron chi connectivity index (χ1n) is 11.4. The lowest BCUT2D eigenvalue weighted by atomic mass is 9.87. The predicted octanol–water partition coefficient (Wildman–Crippen LogP) is 6.71. The number of thiazole rings is 1. The zero-order valence-electron chi connectivity index (χ0n) is 19.8. The van der Waals surface area contributed by atoms with E-state index >= 15 is 0 Å². The number of anilines is 1. The van der Waals surface area contributed by atoms with Crippen LogP contribution in [0.3, 0.4) is 0 Å². The van der Waals surface area contributed by atoms with Gasteiger partial charge < -0.3 is 15.6 Å². The fourth-order valence-corrected chi connectivity index (χ4v) is 4.96. The molecule has 5 rings (SSSR count). The number of aromatic amines is 1. The Bertz CT molecular complexity index is 1490. The van der Waals surface area contributed by atoms with Crippen LogP contribution in [0.4, 0.5) is 5.13 Å². The molecule has 0 aliphatic heterocycles. The molecular weight excluding hydrogens is 440 g/mol. The molecule has 34 heavy (non-hydrogen) atoms. The lowest BCUT2D eigenvalue weighted by Gasteiger charge is -2.19. The van der Waals surface area contributed by atoms with Crippen LogP contribution in [0.25, 0.3) is 32.2 Å². The van der Waals surface area contributed by atoms with Crippen LogP contribution >= 0.6 is 11.3 Å². The summed E-state index contributed by atoms with van der Waals surface area (Å²) in [6, 6.07) is 20.9. The third-order valence-corrected chi connectivity index (χ3v) is 7.17. The van der Waals surface area contributed by atoms with E-state index in [0.717, 1.165) is 42.9 Å². The van der Waals surface area contributed by atoms with Gasteiger partial charge in [-0.15, -0.1) is 0 Å². The molecule has 172 valence electrons. The van der Waals surface area contributed by atoms with Gasteiger partial charge in [0.25, 0.3) is 5.91 Å². The summed E-state index contributed by atoms with van der Waals surface area (Å²) in [5.74, 6) is -0.0835. The average Bonchev–Trinajstić information content (AvgIpc) is 3.45. The molecule has 2 aromatic heterocycles. The standard InChI is InChI=1S/C28H28N4OS/c1-28(2,3)20-9-5-17(6-10-20)15-31-26(33)22-16-30-23-11-7-18(13-21(22)23)19-8-12-24-25(14-19)34-27(29-4)32-24/h5-14,16,30H,15H2,1-4H3,(H,29,32)(H,31,33). The summed E-state index contributed by atoms with van der Waals surface area (Å²) in [6.45, 7) is 7.09. The Balaban J connectivity index is 1.38. The van der Waals surface area contributed by atoms with Gasteiger partial charge in [-0.1, -0.05) is 68.5 Å². The summed E-state index contributed by atoms with van der Waals surface area (Å²) in [7, 11) is 1.88. The number of hydrogen-bond acceptors (Lipinski definition) is 4. The van der Waals surface area contributed by atoms with E-state index in [1.54, 1.807) is 17.5 Å². The summed E-state index contributed by atoms with van der Waals surface area (Å²) in [4.78, 5) is 20.8. The Morgan fingerprint density at radius 1 is 1.00 bits per heavy atom. The second kappa shape index (κ2) is 8.61. The molecule has 0 spiro atoms. The fourth-order valence-electron chi connectivity index (χ4n) is 4.10. The van der Waals surface area contributed by atoms with Gasteiger partial charge in [-0.25, -0.2) is 4.98 Å². The lowest BCUT2D eigenvalue weighted by molar-refractivity contribution is 0.0952. The number of fused-ring (bicyclic) bond motifs is 2. The van der Waals surface area contributed by atoms with E-state index in [1.165, 1.54) is 5.56 Å². The van der Waals surface area contributed by atoms with Gasteiger partial charge in [0.15, 0.2) is 5.13 Å². The van der Waals surface area contributed by atoms with Crippen LogP contribution in [0, 0.1) is 0 Å². The molecule has 0 aliphatic rings. The second-order valence-electron chi connectivity index (χ2n) is 9.54. The van der Waals surface area contributed by atoms with Crippen molar-refractivity contribution < 1.29 is 4.79 Å². The Kier molecular flexibility index (Phi) is 5.62. The van der Waals surface area contributed by atoms with Gasteiger partial charge in [0.05, 0.1) is 15.8 Å². The van der Waals surface area contributed by atoms with Gasteiger partial charge in [0.2, 0.25) is 0 Å². The molecule has 2 heterocycles. The maximum Gasteiger partial charge on any atom is 0.253 e. The van der Waals surface area contributed by atoms with Crippen molar-refractivity contribution in [2.24, 2.45) is 0 Å². The summed E-state index contributed by atoms with van der Waals surface area (Å²) < 4.78 is 1.13. The van der Waals surface area contributed by atoms with Gasteiger partial charge in [-0.05, 0) is 51.9 Å². The van der Waals surface area contributed by atoms with Gasteiger partial charge in [0, 0.05) is 30.7 Å². The summed E-state index contributed by atoms with van der Waals surface area (Å²) in [5.41, 5.74) is 7.23. The molecule has 0 saturated carbocycles. The SMILES string of the molecule is CNc1nc2ccc(-c3ccc4[nH]cc(C(=O)NCc5ccc(C(C)(C)C)cc5)c4c3)cc2s1. The largest absolute Gasteiger partial charge is 0.365 e. The number of hydrogen-bond donors (Lipinski definition) is 3. The summed E-state index contributed by atoms with van der Waals surface area (Å²) >= 11 is 1.63. The number of aromatic nitrogens is 2. The Hall–Kier alpha value is -3.64. The average molecular weight is 469 g/mol. The van der Waals surface area contributed by atoms with Crippen molar-refractivity contribution in [1.29, 1.82) is 0 Å².